The van der Waals surface area contributed by atoms with Gasteiger partial charge in [0.25, 0.3) is 0 Å². The van der Waals surface area contributed by atoms with Gasteiger partial charge in [-0.2, -0.15) is 0 Å². The lowest BCUT2D eigenvalue weighted by molar-refractivity contribution is -0.148. The van der Waals surface area contributed by atoms with Crippen LogP contribution in [0.1, 0.15) is 65.7 Å². The molecule has 3 nitrogen and oxygen atoms in total. The van der Waals surface area contributed by atoms with Crippen molar-refractivity contribution in [2.24, 2.45) is 11.8 Å². The molecule has 0 aromatic carbocycles. The maximum absolute atomic E-state index is 11.8. The van der Waals surface area contributed by atoms with Gasteiger partial charge in [0, 0.05) is 18.8 Å². The van der Waals surface area contributed by atoms with Gasteiger partial charge in [-0.1, -0.05) is 26.2 Å². The van der Waals surface area contributed by atoms with E-state index in [4.69, 9.17) is 4.74 Å². The van der Waals surface area contributed by atoms with E-state index >= 15 is 0 Å². The Kier molecular flexibility index (Phi) is 6.37. The van der Waals surface area contributed by atoms with Gasteiger partial charge in [0.1, 0.15) is 5.78 Å². The zero-order valence-electron chi connectivity index (χ0n) is 11.9. The molecule has 0 radical (unpaired) electrons. The summed E-state index contributed by atoms with van der Waals surface area (Å²) in [5.41, 5.74) is 0. The van der Waals surface area contributed by atoms with E-state index in [9.17, 15) is 9.59 Å². The lowest BCUT2D eigenvalue weighted by Gasteiger charge is -2.18. The third-order valence-electron chi connectivity index (χ3n) is 3.66. The van der Waals surface area contributed by atoms with Crippen molar-refractivity contribution in [3.05, 3.63) is 0 Å². The Morgan fingerprint density at radius 3 is 2.72 bits per heavy atom. The van der Waals surface area contributed by atoms with Crippen molar-refractivity contribution in [1.82, 2.24) is 0 Å². The minimum atomic E-state index is -0.148. The van der Waals surface area contributed by atoms with E-state index < -0.39 is 0 Å². The van der Waals surface area contributed by atoms with Crippen LogP contribution in [-0.2, 0) is 14.3 Å². The van der Waals surface area contributed by atoms with Crippen LogP contribution in [0.25, 0.3) is 0 Å². The first-order chi connectivity index (χ1) is 8.54. The van der Waals surface area contributed by atoms with E-state index in [1.165, 1.54) is 12.8 Å². The first-order valence-electron chi connectivity index (χ1n) is 7.26. The van der Waals surface area contributed by atoms with Gasteiger partial charge in [0.05, 0.1) is 6.10 Å². The Hall–Kier alpha value is -0.860. The summed E-state index contributed by atoms with van der Waals surface area (Å²) in [6.07, 6.45) is 6.26. The normalized spacial score (nSPS) is 23.7. The van der Waals surface area contributed by atoms with E-state index in [0.717, 1.165) is 19.3 Å². The average molecular weight is 254 g/mol. The molecule has 1 aliphatic rings. The molecule has 0 aliphatic heterocycles. The average Bonchev–Trinajstić information content (AvgIpc) is 2.60. The number of unbranched alkanes of at least 4 members (excludes halogenated alkanes) is 2. The lowest BCUT2D eigenvalue weighted by Crippen LogP contribution is -2.20. The van der Waals surface area contributed by atoms with Gasteiger partial charge in [0.15, 0.2) is 0 Å². The third kappa shape index (κ3) is 4.79. The van der Waals surface area contributed by atoms with Crippen LogP contribution in [0.3, 0.4) is 0 Å². The molecule has 2 atom stereocenters. The summed E-state index contributed by atoms with van der Waals surface area (Å²) in [5.74, 6) is 0.538. The minimum Gasteiger partial charge on any atom is -0.463 e. The van der Waals surface area contributed by atoms with Gasteiger partial charge in [-0.15, -0.1) is 0 Å². The molecule has 1 fully saturated rings. The van der Waals surface area contributed by atoms with Crippen molar-refractivity contribution in [2.75, 3.05) is 0 Å². The van der Waals surface area contributed by atoms with E-state index in [2.05, 4.69) is 6.92 Å². The Balaban J connectivity index is 2.42. The van der Waals surface area contributed by atoms with E-state index in [1.54, 1.807) is 0 Å². The predicted octanol–water partition coefficient (Wildman–Crippen LogP) is 3.50. The number of carbonyl (C=O) groups is 2. The monoisotopic (exact) mass is 254 g/mol. The Morgan fingerprint density at radius 2 is 2.11 bits per heavy atom. The maximum Gasteiger partial charge on any atom is 0.306 e. The largest absolute Gasteiger partial charge is 0.463 e. The molecule has 3 heteroatoms. The molecule has 2 unspecified atom stereocenters. The molecule has 1 saturated carbocycles. The molecule has 0 amide bonds. The molecule has 104 valence electrons. The lowest BCUT2D eigenvalue weighted by atomic mass is 9.88. The van der Waals surface area contributed by atoms with Crippen LogP contribution >= 0.6 is 0 Å². The second kappa shape index (κ2) is 7.55. The molecule has 0 N–H and O–H groups in total. The Morgan fingerprint density at radius 1 is 1.39 bits per heavy atom. The smallest absolute Gasteiger partial charge is 0.306 e. The summed E-state index contributed by atoms with van der Waals surface area (Å²) in [6.45, 7) is 5.88. The summed E-state index contributed by atoms with van der Waals surface area (Å²) in [7, 11) is 0. The second-order valence-electron chi connectivity index (χ2n) is 5.61. The number of esters is 1. The van der Waals surface area contributed by atoms with Crippen LogP contribution in [-0.4, -0.2) is 17.9 Å². The van der Waals surface area contributed by atoms with Crippen molar-refractivity contribution in [3.8, 4) is 0 Å². The van der Waals surface area contributed by atoms with Crippen LogP contribution < -0.4 is 0 Å². The minimum absolute atomic E-state index is 0.0619. The SMILES string of the molecule is CCCCCC1C(=O)CCC1CC(=O)OC(C)C. The number of ketones is 1. The number of hydrogen-bond acceptors (Lipinski definition) is 3. The summed E-state index contributed by atoms with van der Waals surface area (Å²) in [6, 6.07) is 0. The van der Waals surface area contributed by atoms with Crippen molar-refractivity contribution in [3.63, 3.8) is 0 Å². The first kappa shape index (κ1) is 15.2. The molecule has 0 saturated heterocycles. The fourth-order valence-electron chi connectivity index (χ4n) is 2.76. The summed E-state index contributed by atoms with van der Waals surface area (Å²) >= 11 is 0. The third-order valence-corrected chi connectivity index (χ3v) is 3.66. The quantitative estimate of drug-likeness (QED) is 0.516. The van der Waals surface area contributed by atoms with Crippen LogP contribution in [0, 0.1) is 11.8 Å². The van der Waals surface area contributed by atoms with E-state index in [0.29, 0.717) is 18.6 Å². The van der Waals surface area contributed by atoms with Crippen LogP contribution in [0.15, 0.2) is 0 Å². The van der Waals surface area contributed by atoms with Gasteiger partial charge in [-0.3, -0.25) is 9.59 Å². The molecule has 1 rings (SSSR count). The summed E-state index contributed by atoms with van der Waals surface area (Å²) in [5, 5.41) is 0. The fraction of sp³-hybridized carbons (Fsp3) is 0.867. The molecule has 0 spiro atoms. The molecule has 0 aromatic heterocycles. The summed E-state index contributed by atoms with van der Waals surface area (Å²) in [4.78, 5) is 23.5. The van der Waals surface area contributed by atoms with Crippen LogP contribution in [0.2, 0.25) is 0 Å². The highest BCUT2D eigenvalue weighted by molar-refractivity contribution is 5.84. The number of rotatable bonds is 7. The highest BCUT2D eigenvalue weighted by Gasteiger charge is 2.35. The Bertz CT molecular complexity index is 283. The molecule has 0 heterocycles. The van der Waals surface area contributed by atoms with Gasteiger partial charge in [-0.25, -0.2) is 0 Å². The molecule has 0 bridgehead atoms. The van der Waals surface area contributed by atoms with Gasteiger partial charge < -0.3 is 4.74 Å². The van der Waals surface area contributed by atoms with Crippen LogP contribution in [0.4, 0.5) is 0 Å². The number of carbonyl (C=O) groups excluding carboxylic acids is 2. The standard InChI is InChI=1S/C15H26O3/c1-4-5-6-7-13-12(8-9-14(13)16)10-15(17)18-11(2)3/h11-13H,4-10H2,1-3H3. The van der Waals surface area contributed by atoms with Crippen molar-refractivity contribution in [1.29, 1.82) is 0 Å². The highest BCUT2D eigenvalue weighted by atomic mass is 16.5. The number of ether oxygens (including phenoxy) is 1. The van der Waals surface area contributed by atoms with E-state index in [-0.39, 0.29) is 23.9 Å². The number of Topliss-reactive ketones (excluding diaryl/α,β-unsaturated/α-hetero) is 1. The van der Waals surface area contributed by atoms with Gasteiger partial charge >= 0.3 is 5.97 Å². The second-order valence-corrected chi connectivity index (χ2v) is 5.61. The van der Waals surface area contributed by atoms with Crippen molar-refractivity contribution >= 4 is 11.8 Å². The highest BCUT2D eigenvalue weighted by Crippen LogP contribution is 2.35. The van der Waals surface area contributed by atoms with Crippen LogP contribution in [0.5, 0.6) is 0 Å². The first-order valence-corrected chi connectivity index (χ1v) is 7.26. The Labute approximate surface area is 110 Å². The predicted molar refractivity (Wildman–Crippen MR) is 71.2 cm³/mol. The van der Waals surface area contributed by atoms with Gasteiger partial charge in [-0.05, 0) is 32.6 Å². The molecular formula is C15H26O3. The zero-order valence-corrected chi connectivity index (χ0v) is 11.9. The topological polar surface area (TPSA) is 43.4 Å². The maximum atomic E-state index is 11.8. The zero-order chi connectivity index (χ0) is 13.5. The summed E-state index contributed by atoms with van der Waals surface area (Å²) < 4.78 is 5.17. The molecular weight excluding hydrogens is 228 g/mol. The molecule has 0 aromatic rings. The van der Waals surface area contributed by atoms with Gasteiger partial charge in [0.2, 0.25) is 0 Å². The van der Waals surface area contributed by atoms with E-state index in [1.807, 2.05) is 13.8 Å². The fourth-order valence-corrected chi connectivity index (χ4v) is 2.76. The molecule has 1 aliphatic carbocycles. The van der Waals surface area contributed by atoms with Crippen molar-refractivity contribution in [2.45, 2.75) is 71.8 Å². The van der Waals surface area contributed by atoms with Crippen molar-refractivity contribution < 1.29 is 14.3 Å². The molecule has 18 heavy (non-hydrogen) atoms. The number of hydrogen-bond donors (Lipinski definition) is 0.